The van der Waals surface area contributed by atoms with Crippen molar-refractivity contribution in [3.8, 4) is 0 Å². The molecule has 140 valence electrons. The second-order valence-corrected chi connectivity index (χ2v) is 6.78. The van der Waals surface area contributed by atoms with Crippen LogP contribution in [0.3, 0.4) is 0 Å². The summed E-state index contributed by atoms with van der Waals surface area (Å²) < 4.78 is 0. The number of nitrogens with zero attached hydrogens (tertiary/aromatic N) is 2. The molecule has 0 aliphatic carbocycles. The number of carbonyl (C=O) groups excluding carboxylic acids is 1. The van der Waals surface area contributed by atoms with Crippen molar-refractivity contribution < 1.29 is 4.79 Å². The first kappa shape index (κ1) is 23.8. The molecule has 25 heavy (non-hydrogen) atoms. The molecule has 0 unspecified atom stereocenters. The van der Waals surface area contributed by atoms with Crippen LogP contribution in [0.2, 0.25) is 0 Å². The Kier molecular flexibility index (Phi) is 10.9. The summed E-state index contributed by atoms with van der Waals surface area (Å²) in [4.78, 5) is 18.6. The maximum absolute atomic E-state index is 12.1. The Morgan fingerprint density at radius 2 is 2.00 bits per heavy atom. The summed E-state index contributed by atoms with van der Waals surface area (Å²) in [6, 6.07) is 8.79. The Hall–Kier alpha value is -1.18. The summed E-state index contributed by atoms with van der Waals surface area (Å²) in [5.41, 5.74) is 8.28. The van der Waals surface area contributed by atoms with Gasteiger partial charge in [-0.15, -0.1) is 36.2 Å². The second-order valence-electron chi connectivity index (χ2n) is 5.84. The first-order valence-corrected chi connectivity index (χ1v) is 8.58. The summed E-state index contributed by atoms with van der Waals surface area (Å²) >= 11 is 1.41. The van der Waals surface area contributed by atoms with Crippen molar-refractivity contribution in [2.45, 2.75) is 39.5 Å². The van der Waals surface area contributed by atoms with Crippen LogP contribution in [0.15, 0.2) is 29.6 Å². The number of nitrogens with one attached hydrogen (secondary N) is 1. The van der Waals surface area contributed by atoms with Crippen molar-refractivity contribution >= 4 is 42.1 Å². The van der Waals surface area contributed by atoms with Crippen LogP contribution in [0.5, 0.6) is 0 Å². The number of hydrogen-bond acceptors (Lipinski definition) is 5. The smallest absolute Gasteiger partial charge is 0.271 e. The Morgan fingerprint density at radius 3 is 2.60 bits per heavy atom. The summed E-state index contributed by atoms with van der Waals surface area (Å²) in [5.74, 6) is -0.161. The van der Waals surface area contributed by atoms with E-state index in [1.54, 1.807) is 5.38 Å². The molecule has 0 bridgehead atoms. The number of halogens is 2. The number of benzene rings is 1. The first-order chi connectivity index (χ1) is 11.0. The van der Waals surface area contributed by atoms with Crippen LogP contribution in [0, 0.1) is 0 Å². The molecule has 1 aromatic heterocycles. The fraction of sp³-hybridized carbons (Fsp3) is 0.412. The van der Waals surface area contributed by atoms with Gasteiger partial charge in [0.2, 0.25) is 0 Å². The molecule has 2 aromatic rings. The SMILES string of the molecule is CC(C)N(C)Cc1cccc(CNC(=O)c2csc(CN)n2)c1.Cl.Cl. The third-order valence-corrected chi connectivity index (χ3v) is 4.59. The van der Waals surface area contributed by atoms with Crippen molar-refractivity contribution in [1.82, 2.24) is 15.2 Å². The molecule has 0 spiro atoms. The number of aromatic nitrogens is 1. The van der Waals surface area contributed by atoms with Gasteiger partial charge in [0, 0.05) is 31.1 Å². The predicted octanol–water partition coefficient (Wildman–Crippen LogP) is 3.22. The summed E-state index contributed by atoms with van der Waals surface area (Å²) in [6.45, 7) is 6.10. The third-order valence-electron chi connectivity index (χ3n) is 3.72. The van der Waals surface area contributed by atoms with E-state index in [4.69, 9.17) is 5.73 Å². The molecule has 8 heteroatoms. The van der Waals surface area contributed by atoms with Gasteiger partial charge in [-0.1, -0.05) is 24.3 Å². The molecule has 2 rings (SSSR count). The highest BCUT2D eigenvalue weighted by molar-refractivity contribution is 7.09. The highest BCUT2D eigenvalue weighted by atomic mass is 35.5. The molecule has 1 heterocycles. The largest absolute Gasteiger partial charge is 0.347 e. The summed E-state index contributed by atoms with van der Waals surface area (Å²) in [6.07, 6.45) is 0. The lowest BCUT2D eigenvalue weighted by molar-refractivity contribution is 0.0946. The van der Waals surface area contributed by atoms with Crippen molar-refractivity contribution in [2.75, 3.05) is 7.05 Å². The molecule has 0 atom stereocenters. The van der Waals surface area contributed by atoms with Crippen molar-refractivity contribution in [2.24, 2.45) is 5.73 Å². The van der Waals surface area contributed by atoms with Crippen molar-refractivity contribution in [3.63, 3.8) is 0 Å². The van der Waals surface area contributed by atoms with Gasteiger partial charge >= 0.3 is 0 Å². The zero-order valence-corrected chi connectivity index (χ0v) is 17.1. The number of carbonyl (C=O) groups is 1. The van der Waals surface area contributed by atoms with E-state index in [0.29, 0.717) is 24.8 Å². The molecule has 0 saturated heterocycles. The lowest BCUT2D eigenvalue weighted by Gasteiger charge is -2.21. The molecule has 3 N–H and O–H groups in total. The third kappa shape index (κ3) is 7.30. The fourth-order valence-electron chi connectivity index (χ4n) is 2.09. The second kappa shape index (κ2) is 11.4. The number of nitrogens with two attached hydrogens (primary N) is 1. The topological polar surface area (TPSA) is 71.2 Å². The van der Waals surface area contributed by atoms with E-state index in [2.05, 4.69) is 48.2 Å². The average molecular weight is 405 g/mol. The van der Waals surface area contributed by atoms with Crippen molar-refractivity contribution in [3.05, 3.63) is 51.5 Å². The fourth-order valence-corrected chi connectivity index (χ4v) is 2.75. The lowest BCUT2D eigenvalue weighted by Crippen LogP contribution is -2.26. The van der Waals surface area contributed by atoms with Gasteiger partial charge in [-0.25, -0.2) is 4.98 Å². The lowest BCUT2D eigenvalue weighted by atomic mass is 10.1. The van der Waals surface area contributed by atoms with Gasteiger partial charge in [-0.2, -0.15) is 0 Å². The maximum atomic E-state index is 12.1. The quantitative estimate of drug-likeness (QED) is 0.742. The van der Waals surface area contributed by atoms with E-state index in [1.807, 2.05) is 12.1 Å². The molecule has 1 amide bonds. The molecule has 0 aliphatic rings. The molecule has 0 saturated carbocycles. The minimum Gasteiger partial charge on any atom is -0.347 e. The summed E-state index contributed by atoms with van der Waals surface area (Å²) in [7, 11) is 2.11. The number of thiazole rings is 1. The molecule has 0 aliphatic heterocycles. The minimum atomic E-state index is -0.161. The predicted molar refractivity (Wildman–Crippen MR) is 109 cm³/mol. The summed E-state index contributed by atoms with van der Waals surface area (Å²) in [5, 5.41) is 5.42. The average Bonchev–Trinajstić information content (AvgIpc) is 3.02. The number of rotatable bonds is 7. The van der Waals surface area contributed by atoms with E-state index in [9.17, 15) is 4.79 Å². The zero-order chi connectivity index (χ0) is 16.8. The van der Waals surface area contributed by atoms with Crippen LogP contribution in [0.1, 0.15) is 40.5 Å². The Bertz CT molecular complexity index is 664. The normalized spacial score (nSPS) is 10.3. The van der Waals surface area contributed by atoms with Gasteiger partial charge in [0.05, 0.1) is 0 Å². The van der Waals surface area contributed by atoms with Gasteiger partial charge in [0.15, 0.2) is 0 Å². The van der Waals surface area contributed by atoms with Crippen LogP contribution in [0.4, 0.5) is 0 Å². The molecular weight excluding hydrogens is 379 g/mol. The van der Waals surface area contributed by atoms with Crippen LogP contribution in [-0.2, 0) is 19.6 Å². The van der Waals surface area contributed by atoms with Crippen LogP contribution in [-0.4, -0.2) is 28.9 Å². The van der Waals surface area contributed by atoms with Gasteiger partial charge in [-0.05, 0) is 32.0 Å². The number of amides is 1. The highest BCUT2D eigenvalue weighted by Crippen LogP contribution is 2.11. The maximum Gasteiger partial charge on any atom is 0.271 e. The van der Waals surface area contributed by atoms with E-state index >= 15 is 0 Å². The highest BCUT2D eigenvalue weighted by Gasteiger charge is 2.10. The van der Waals surface area contributed by atoms with E-state index in [0.717, 1.165) is 17.1 Å². The monoisotopic (exact) mass is 404 g/mol. The Labute approximate surface area is 165 Å². The molecule has 1 aromatic carbocycles. The Balaban J connectivity index is 0.00000288. The van der Waals surface area contributed by atoms with E-state index < -0.39 is 0 Å². The van der Waals surface area contributed by atoms with Gasteiger partial charge in [0.25, 0.3) is 5.91 Å². The van der Waals surface area contributed by atoms with Crippen LogP contribution < -0.4 is 11.1 Å². The molecular formula is C17H26Cl2N4OS. The molecule has 0 fully saturated rings. The zero-order valence-electron chi connectivity index (χ0n) is 14.7. The van der Waals surface area contributed by atoms with Gasteiger partial charge in [0.1, 0.15) is 10.7 Å². The van der Waals surface area contributed by atoms with Crippen LogP contribution >= 0.6 is 36.2 Å². The Morgan fingerprint density at radius 1 is 1.32 bits per heavy atom. The standard InChI is InChI=1S/C17H24N4OS.2ClH/c1-12(2)21(3)10-14-6-4-5-13(7-14)9-19-17(22)15-11-23-16(8-18)20-15;;/h4-7,11-12H,8-10,18H2,1-3H3,(H,19,22);2*1H. The molecule has 0 radical (unpaired) electrons. The first-order valence-electron chi connectivity index (χ1n) is 7.70. The van der Waals surface area contributed by atoms with E-state index in [1.165, 1.54) is 16.9 Å². The van der Waals surface area contributed by atoms with Crippen LogP contribution in [0.25, 0.3) is 0 Å². The number of hydrogen-bond donors (Lipinski definition) is 2. The van der Waals surface area contributed by atoms with Gasteiger partial charge in [-0.3, -0.25) is 9.69 Å². The van der Waals surface area contributed by atoms with E-state index in [-0.39, 0.29) is 30.7 Å². The minimum absolute atomic E-state index is 0. The van der Waals surface area contributed by atoms with Crippen molar-refractivity contribution in [1.29, 1.82) is 0 Å². The van der Waals surface area contributed by atoms with Gasteiger partial charge < -0.3 is 11.1 Å². The molecule has 5 nitrogen and oxygen atoms in total.